The molecule has 0 aromatic heterocycles. The highest BCUT2D eigenvalue weighted by atomic mass is 15.3. The van der Waals surface area contributed by atoms with E-state index in [1.165, 1.54) is 5.84 Å². The van der Waals surface area contributed by atoms with Crippen LogP contribution in [0.4, 0.5) is 0 Å². The molecule has 0 spiro atoms. The minimum atomic E-state index is 0.566. The van der Waals surface area contributed by atoms with Crippen LogP contribution in [-0.4, -0.2) is 22.8 Å². The average Bonchev–Trinajstić information content (AvgIpc) is 1.85. The Balaban J connectivity index is 2.22. The fourth-order valence-electron chi connectivity index (χ4n) is 1.71. The van der Waals surface area contributed by atoms with E-state index in [1.54, 1.807) is 0 Å². The molecule has 2 rings (SSSR count). The van der Waals surface area contributed by atoms with Crippen molar-refractivity contribution < 1.29 is 0 Å². The SMILES string of the molecule is C[C@@H]1C=CN=C2C[C@@H](C)N21. The third-order valence-electron chi connectivity index (χ3n) is 2.28. The zero-order valence-electron chi connectivity index (χ0n) is 6.41. The zero-order valence-corrected chi connectivity index (χ0v) is 6.41. The maximum absolute atomic E-state index is 4.26. The topological polar surface area (TPSA) is 15.6 Å². The van der Waals surface area contributed by atoms with Gasteiger partial charge in [-0.15, -0.1) is 0 Å². The van der Waals surface area contributed by atoms with Crippen LogP contribution < -0.4 is 0 Å². The Morgan fingerprint density at radius 1 is 1.60 bits per heavy atom. The molecule has 0 bridgehead atoms. The van der Waals surface area contributed by atoms with Crippen molar-refractivity contribution in [3.63, 3.8) is 0 Å². The Kier molecular flexibility index (Phi) is 1.10. The number of aliphatic imine (C=N–C) groups is 1. The zero-order chi connectivity index (χ0) is 7.14. The highest BCUT2D eigenvalue weighted by molar-refractivity contribution is 5.90. The van der Waals surface area contributed by atoms with E-state index >= 15 is 0 Å². The molecule has 2 aliphatic heterocycles. The van der Waals surface area contributed by atoms with Gasteiger partial charge < -0.3 is 4.90 Å². The number of hydrogen-bond acceptors (Lipinski definition) is 2. The normalized spacial score (nSPS) is 36.6. The summed E-state index contributed by atoms with van der Waals surface area (Å²) < 4.78 is 0. The summed E-state index contributed by atoms with van der Waals surface area (Å²) in [6.45, 7) is 4.45. The van der Waals surface area contributed by atoms with Crippen LogP contribution in [-0.2, 0) is 0 Å². The number of hydrogen-bond donors (Lipinski definition) is 0. The summed E-state index contributed by atoms with van der Waals surface area (Å²) in [6.07, 6.45) is 5.22. The van der Waals surface area contributed by atoms with E-state index in [1.807, 2.05) is 6.20 Å². The van der Waals surface area contributed by atoms with Gasteiger partial charge in [0.2, 0.25) is 0 Å². The fourth-order valence-corrected chi connectivity index (χ4v) is 1.71. The second-order valence-electron chi connectivity index (χ2n) is 3.09. The Morgan fingerprint density at radius 3 is 2.90 bits per heavy atom. The second-order valence-corrected chi connectivity index (χ2v) is 3.09. The molecular formula is C8H12N2. The van der Waals surface area contributed by atoms with Crippen LogP contribution in [0.2, 0.25) is 0 Å². The molecule has 0 N–H and O–H groups in total. The van der Waals surface area contributed by atoms with Gasteiger partial charge in [-0.2, -0.15) is 0 Å². The molecule has 0 aliphatic carbocycles. The minimum absolute atomic E-state index is 0.566. The van der Waals surface area contributed by atoms with Crippen LogP contribution in [0.1, 0.15) is 20.3 Å². The van der Waals surface area contributed by atoms with Crippen molar-refractivity contribution in [1.29, 1.82) is 0 Å². The van der Waals surface area contributed by atoms with Gasteiger partial charge >= 0.3 is 0 Å². The van der Waals surface area contributed by atoms with E-state index in [4.69, 9.17) is 0 Å². The summed E-state index contributed by atoms with van der Waals surface area (Å²) in [5, 5.41) is 0. The van der Waals surface area contributed by atoms with Gasteiger partial charge in [0, 0.05) is 24.7 Å². The molecular weight excluding hydrogens is 124 g/mol. The first-order valence-electron chi connectivity index (χ1n) is 3.80. The molecule has 2 nitrogen and oxygen atoms in total. The first-order valence-corrected chi connectivity index (χ1v) is 3.80. The van der Waals surface area contributed by atoms with Crippen molar-refractivity contribution in [2.75, 3.05) is 0 Å². The fraction of sp³-hybridized carbons (Fsp3) is 0.625. The molecule has 54 valence electrons. The van der Waals surface area contributed by atoms with Gasteiger partial charge in [0.1, 0.15) is 5.84 Å². The van der Waals surface area contributed by atoms with Gasteiger partial charge in [0.15, 0.2) is 0 Å². The maximum Gasteiger partial charge on any atom is 0.107 e. The molecule has 1 fully saturated rings. The molecule has 10 heavy (non-hydrogen) atoms. The van der Waals surface area contributed by atoms with Gasteiger partial charge in [-0.3, -0.25) is 0 Å². The number of rotatable bonds is 0. The highest BCUT2D eigenvalue weighted by Crippen LogP contribution is 2.26. The van der Waals surface area contributed by atoms with Crippen molar-refractivity contribution in [3.8, 4) is 0 Å². The Morgan fingerprint density at radius 2 is 2.40 bits per heavy atom. The maximum atomic E-state index is 4.26. The molecule has 0 aromatic rings. The number of fused-ring (bicyclic) bond motifs is 1. The van der Waals surface area contributed by atoms with Crippen molar-refractivity contribution in [1.82, 2.24) is 4.90 Å². The van der Waals surface area contributed by atoms with E-state index in [-0.39, 0.29) is 0 Å². The highest BCUT2D eigenvalue weighted by Gasteiger charge is 2.33. The predicted molar refractivity (Wildman–Crippen MR) is 42.0 cm³/mol. The summed E-state index contributed by atoms with van der Waals surface area (Å²) in [7, 11) is 0. The van der Waals surface area contributed by atoms with Crippen LogP contribution in [0, 0.1) is 0 Å². The molecule has 2 atom stereocenters. The number of nitrogens with zero attached hydrogens (tertiary/aromatic N) is 2. The van der Waals surface area contributed by atoms with Gasteiger partial charge in [-0.1, -0.05) is 0 Å². The molecule has 0 amide bonds. The Hall–Kier alpha value is -0.790. The lowest BCUT2D eigenvalue weighted by Gasteiger charge is -2.46. The van der Waals surface area contributed by atoms with Crippen molar-refractivity contribution in [2.45, 2.75) is 32.4 Å². The molecule has 0 unspecified atom stereocenters. The molecule has 1 saturated heterocycles. The molecule has 0 aromatic carbocycles. The Bertz CT molecular complexity index is 205. The van der Waals surface area contributed by atoms with Crippen molar-refractivity contribution in [3.05, 3.63) is 12.3 Å². The van der Waals surface area contributed by atoms with Crippen molar-refractivity contribution >= 4 is 5.84 Å². The van der Waals surface area contributed by atoms with E-state index < -0.39 is 0 Å². The average molecular weight is 136 g/mol. The number of amidine groups is 1. The lowest BCUT2D eigenvalue weighted by Crippen LogP contribution is -2.55. The van der Waals surface area contributed by atoms with E-state index in [0.29, 0.717) is 12.1 Å². The summed E-state index contributed by atoms with van der Waals surface area (Å²) in [5.41, 5.74) is 0. The van der Waals surface area contributed by atoms with Crippen LogP contribution in [0.5, 0.6) is 0 Å². The first kappa shape index (κ1) is 5.96. The second kappa shape index (κ2) is 1.84. The van der Waals surface area contributed by atoms with Gasteiger partial charge in [-0.05, 0) is 19.9 Å². The standard InChI is InChI=1S/C8H12N2/c1-6-3-4-9-8-5-7(2)10(6)8/h3-4,6-7H,5H2,1-2H3/t6-,7-/m1/s1. The Labute approximate surface area is 61.2 Å². The largest absolute Gasteiger partial charge is 0.351 e. The van der Waals surface area contributed by atoms with Crippen LogP contribution in [0.25, 0.3) is 0 Å². The van der Waals surface area contributed by atoms with Gasteiger partial charge in [-0.25, -0.2) is 4.99 Å². The third kappa shape index (κ3) is 0.618. The van der Waals surface area contributed by atoms with Crippen LogP contribution in [0.3, 0.4) is 0 Å². The summed E-state index contributed by atoms with van der Waals surface area (Å²) >= 11 is 0. The van der Waals surface area contributed by atoms with Gasteiger partial charge in [0.05, 0.1) is 0 Å². The molecule has 0 saturated carbocycles. The first-order chi connectivity index (χ1) is 4.79. The summed E-state index contributed by atoms with van der Waals surface area (Å²) in [6, 6.07) is 1.27. The summed E-state index contributed by atoms with van der Waals surface area (Å²) in [4.78, 5) is 6.62. The monoisotopic (exact) mass is 136 g/mol. The molecule has 2 heterocycles. The van der Waals surface area contributed by atoms with Crippen molar-refractivity contribution in [2.24, 2.45) is 4.99 Å². The lowest BCUT2D eigenvalue weighted by atomic mass is 9.99. The van der Waals surface area contributed by atoms with Crippen LogP contribution >= 0.6 is 0 Å². The van der Waals surface area contributed by atoms with Gasteiger partial charge in [0.25, 0.3) is 0 Å². The smallest absolute Gasteiger partial charge is 0.107 e. The summed E-state index contributed by atoms with van der Waals surface area (Å²) in [5.74, 6) is 1.27. The van der Waals surface area contributed by atoms with E-state index in [2.05, 4.69) is 29.8 Å². The van der Waals surface area contributed by atoms with E-state index in [9.17, 15) is 0 Å². The minimum Gasteiger partial charge on any atom is -0.351 e. The third-order valence-corrected chi connectivity index (χ3v) is 2.28. The predicted octanol–water partition coefficient (Wildman–Crippen LogP) is 1.39. The quantitative estimate of drug-likeness (QED) is 0.491. The molecule has 2 aliphatic rings. The van der Waals surface area contributed by atoms with E-state index in [0.717, 1.165) is 6.42 Å². The molecule has 0 radical (unpaired) electrons. The molecule has 2 heteroatoms. The lowest BCUT2D eigenvalue weighted by molar-refractivity contribution is 0.231. The van der Waals surface area contributed by atoms with Crippen LogP contribution in [0.15, 0.2) is 17.3 Å².